The maximum Gasteiger partial charge on any atom is 0.224 e. The van der Waals surface area contributed by atoms with E-state index in [-0.39, 0.29) is 5.91 Å². The Morgan fingerprint density at radius 1 is 1.33 bits per heavy atom. The van der Waals surface area contributed by atoms with Gasteiger partial charge in [0.25, 0.3) is 0 Å². The van der Waals surface area contributed by atoms with Crippen LogP contribution in [-0.4, -0.2) is 48.6 Å². The van der Waals surface area contributed by atoms with Crippen molar-refractivity contribution >= 4 is 22.4 Å². The molecule has 128 valence electrons. The van der Waals surface area contributed by atoms with Crippen LogP contribution in [-0.2, 0) is 9.53 Å². The number of rotatable bonds is 6. The second-order valence-electron chi connectivity index (χ2n) is 5.95. The molecule has 0 saturated carbocycles. The third kappa shape index (κ3) is 4.33. The lowest BCUT2D eigenvalue weighted by atomic mass is 10.1. The fourth-order valence-electron chi connectivity index (χ4n) is 2.88. The van der Waals surface area contributed by atoms with Crippen LogP contribution >= 0.6 is 11.3 Å². The smallest absolute Gasteiger partial charge is 0.224 e. The molecular formula is C18H23N3O2S. The minimum absolute atomic E-state index is 0.191. The van der Waals surface area contributed by atoms with Crippen LogP contribution in [0.4, 0.5) is 5.13 Å². The number of carbonyl (C=O) groups excluding carboxylic acids is 1. The van der Waals surface area contributed by atoms with E-state index in [0.717, 1.165) is 42.3 Å². The highest BCUT2D eigenvalue weighted by Crippen LogP contribution is 2.26. The van der Waals surface area contributed by atoms with E-state index in [9.17, 15) is 4.79 Å². The molecule has 0 unspecified atom stereocenters. The molecule has 1 N–H and O–H groups in total. The van der Waals surface area contributed by atoms with Crippen LogP contribution in [0.1, 0.15) is 19.3 Å². The number of piperidine rings is 1. The number of nitrogens with zero attached hydrogens (tertiary/aromatic N) is 2. The summed E-state index contributed by atoms with van der Waals surface area (Å²) >= 11 is 1.64. The van der Waals surface area contributed by atoms with Gasteiger partial charge >= 0.3 is 0 Å². The Kier molecular flexibility index (Phi) is 5.82. The van der Waals surface area contributed by atoms with Gasteiger partial charge in [0.15, 0.2) is 5.13 Å². The largest absolute Gasteiger partial charge is 0.384 e. The number of ether oxygens (including phenoxy) is 1. The molecule has 1 amide bonds. The van der Waals surface area contributed by atoms with Crippen LogP contribution in [0.3, 0.4) is 0 Å². The lowest BCUT2D eigenvalue weighted by Gasteiger charge is -2.32. The van der Waals surface area contributed by atoms with Crippen molar-refractivity contribution in [2.75, 3.05) is 32.1 Å². The quantitative estimate of drug-likeness (QED) is 0.873. The van der Waals surface area contributed by atoms with Gasteiger partial charge in [-0.1, -0.05) is 30.3 Å². The lowest BCUT2D eigenvalue weighted by molar-refractivity contribution is -0.133. The highest BCUT2D eigenvalue weighted by molar-refractivity contribution is 7.14. The van der Waals surface area contributed by atoms with Gasteiger partial charge in [0, 0.05) is 37.2 Å². The van der Waals surface area contributed by atoms with Crippen LogP contribution in [0.15, 0.2) is 35.7 Å². The van der Waals surface area contributed by atoms with Crippen molar-refractivity contribution < 1.29 is 9.53 Å². The van der Waals surface area contributed by atoms with Gasteiger partial charge in [-0.15, -0.1) is 11.3 Å². The number of methoxy groups -OCH3 is 1. The van der Waals surface area contributed by atoms with Crippen LogP contribution in [0.2, 0.25) is 0 Å². The van der Waals surface area contributed by atoms with E-state index in [0.29, 0.717) is 19.1 Å². The number of carbonyl (C=O) groups is 1. The predicted octanol–water partition coefficient (Wildman–Crippen LogP) is 3.25. The minimum atomic E-state index is 0.191. The SMILES string of the molecule is COCCC(=O)N1CCC(Nc2nc(-c3ccccc3)cs2)CC1. The third-order valence-electron chi connectivity index (χ3n) is 4.27. The summed E-state index contributed by atoms with van der Waals surface area (Å²) in [4.78, 5) is 18.6. The van der Waals surface area contributed by atoms with Crippen LogP contribution in [0, 0.1) is 0 Å². The molecule has 0 aliphatic carbocycles. The summed E-state index contributed by atoms with van der Waals surface area (Å²) in [5, 5.41) is 6.56. The number of benzene rings is 1. The molecule has 0 spiro atoms. The molecule has 24 heavy (non-hydrogen) atoms. The zero-order chi connectivity index (χ0) is 16.8. The Morgan fingerprint density at radius 2 is 2.08 bits per heavy atom. The van der Waals surface area contributed by atoms with Crippen molar-refractivity contribution in [2.24, 2.45) is 0 Å². The Morgan fingerprint density at radius 3 is 2.79 bits per heavy atom. The average molecular weight is 345 g/mol. The molecule has 1 aromatic heterocycles. The monoisotopic (exact) mass is 345 g/mol. The molecule has 0 radical (unpaired) electrons. The van der Waals surface area contributed by atoms with Gasteiger partial charge in [-0.2, -0.15) is 0 Å². The summed E-state index contributed by atoms with van der Waals surface area (Å²) in [6.07, 6.45) is 2.39. The highest BCUT2D eigenvalue weighted by Gasteiger charge is 2.23. The Bertz CT molecular complexity index is 651. The zero-order valence-electron chi connectivity index (χ0n) is 13.9. The lowest BCUT2D eigenvalue weighted by Crippen LogP contribution is -2.42. The summed E-state index contributed by atoms with van der Waals surface area (Å²) in [5.74, 6) is 0.191. The Labute approximate surface area is 146 Å². The minimum Gasteiger partial charge on any atom is -0.384 e. The molecule has 0 bridgehead atoms. The number of hydrogen-bond donors (Lipinski definition) is 1. The summed E-state index contributed by atoms with van der Waals surface area (Å²) < 4.78 is 4.98. The summed E-state index contributed by atoms with van der Waals surface area (Å²) in [6, 6.07) is 10.6. The number of hydrogen-bond acceptors (Lipinski definition) is 5. The molecule has 2 aromatic rings. The van der Waals surface area contributed by atoms with Crippen molar-refractivity contribution in [1.29, 1.82) is 0 Å². The molecule has 0 atom stereocenters. The molecule has 1 aliphatic heterocycles. The maximum atomic E-state index is 12.0. The van der Waals surface area contributed by atoms with Crippen LogP contribution < -0.4 is 5.32 Å². The van der Waals surface area contributed by atoms with Gasteiger partial charge in [0.1, 0.15) is 0 Å². The van der Waals surface area contributed by atoms with Crippen molar-refractivity contribution in [1.82, 2.24) is 9.88 Å². The first kappa shape index (κ1) is 16.9. The number of thiazole rings is 1. The molecule has 1 aromatic carbocycles. The first-order valence-electron chi connectivity index (χ1n) is 8.30. The van der Waals surface area contributed by atoms with Gasteiger partial charge in [-0.05, 0) is 12.8 Å². The summed E-state index contributed by atoms with van der Waals surface area (Å²) in [7, 11) is 1.63. The van der Waals surface area contributed by atoms with Crippen LogP contribution in [0.25, 0.3) is 11.3 Å². The van der Waals surface area contributed by atoms with E-state index in [1.165, 1.54) is 0 Å². The normalized spacial score (nSPS) is 15.5. The number of aromatic nitrogens is 1. The molecule has 3 rings (SSSR count). The molecule has 2 heterocycles. The van der Waals surface area contributed by atoms with E-state index >= 15 is 0 Å². The predicted molar refractivity (Wildman–Crippen MR) is 97.3 cm³/mol. The van der Waals surface area contributed by atoms with Gasteiger partial charge in [-0.25, -0.2) is 4.98 Å². The summed E-state index contributed by atoms with van der Waals surface area (Å²) in [5.41, 5.74) is 2.15. The third-order valence-corrected chi connectivity index (χ3v) is 5.04. The molecule has 6 heteroatoms. The fraction of sp³-hybridized carbons (Fsp3) is 0.444. The second-order valence-corrected chi connectivity index (χ2v) is 6.80. The number of nitrogens with one attached hydrogen (secondary N) is 1. The van der Waals surface area contributed by atoms with E-state index in [1.807, 2.05) is 23.1 Å². The van der Waals surface area contributed by atoms with E-state index in [2.05, 4.69) is 27.8 Å². The molecule has 5 nitrogen and oxygen atoms in total. The number of anilines is 1. The molecule has 1 aliphatic rings. The van der Waals surface area contributed by atoms with Crippen molar-refractivity contribution in [3.8, 4) is 11.3 Å². The van der Waals surface area contributed by atoms with Gasteiger partial charge in [0.2, 0.25) is 5.91 Å². The van der Waals surface area contributed by atoms with Crippen molar-refractivity contribution in [3.05, 3.63) is 35.7 Å². The topological polar surface area (TPSA) is 54.5 Å². The van der Waals surface area contributed by atoms with Gasteiger partial charge in [-0.3, -0.25) is 4.79 Å². The maximum absolute atomic E-state index is 12.0. The second kappa shape index (κ2) is 8.26. The Balaban J connectivity index is 1.50. The van der Waals surface area contributed by atoms with Crippen molar-refractivity contribution in [3.63, 3.8) is 0 Å². The molecule has 1 fully saturated rings. The standard InChI is InChI=1S/C18H23N3O2S/c1-23-12-9-17(22)21-10-7-15(8-11-21)19-18-20-16(13-24-18)14-5-3-2-4-6-14/h2-6,13,15H,7-12H2,1H3,(H,19,20). The first-order valence-corrected chi connectivity index (χ1v) is 9.18. The summed E-state index contributed by atoms with van der Waals surface area (Å²) in [6.45, 7) is 2.10. The molecule has 1 saturated heterocycles. The van der Waals surface area contributed by atoms with E-state index < -0.39 is 0 Å². The average Bonchev–Trinajstić information content (AvgIpc) is 3.09. The first-order chi connectivity index (χ1) is 11.8. The van der Waals surface area contributed by atoms with E-state index in [4.69, 9.17) is 4.74 Å². The Hall–Kier alpha value is -1.92. The number of amides is 1. The highest BCUT2D eigenvalue weighted by atomic mass is 32.1. The van der Waals surface area contributed by atoms with Crippen molar-refractivity contribution in [2.45, 2.75) is 25.3 Å². The van der Waals surface area contributed by atoms with Gasteiger partial charge < -0.3 is 15.0 Å². The molecular weight excluding hydrogens is 322 g/mol. The zero-order valence-corrected chi connectivity index (χ0v) is 14.7. The number of likely N-dealkylation sites (tertiary alicyclic amines) is 1. The van der Waals surface area contributed by atoms with E-state index in [1.54, 1.807) is 18.4 Å². The van der Waals surface area contributed by atoms with Crippen LogP contribution in [0.5, 0.6) is 0 Å². The fourth-order valence-corrected chi connectivity index (χ4v) is 3.67. The van der Waals surface area contributed by atoms with Gasteiger partial charge in [0.05, 0.1) is 18.7 Å².